The van der Waals surface area contributed by atoms with Crippen LogP contribution in [0.5, 0.6) is 5.75 Å². The Morgan fingerprint density at radius 1 is 1.07 bits per heavy atom. The molecule has 3 rings (SSSR count). The van der Waals surface area contributed by atoms with Crippen LogP contribution in [0.2, 0.25) is 0 Å². The van der Waals surface area contributed by atoms with Gasteiger partial charge in [-0.05, 0) is 50.9 Å². The molecular formula is C22H33N5O2. The summed E-state index contributed by atoms with van der Waals surface area (Å²) in [5, 5.41) is 1.01. The highest BCUT2D eigenvalue weighted by Crippen LogP contribution is 2.31. The van der Waals surface area contributed by atoms with Gasteiger partial charge in [-0.1, -0.05) is 19.8 Å². The molecule has 0 unspecified atom stereocenters. The molecule has 0 fully saturated rings. The van der Waals surface area contributed by atoms with Gasteiger partial charge in [0.2, 0.25) is 0 Å². The number of anilines is 1. The lowest BCUT2D eigenvalue weighted by atomic mass is 10.1. The SMILES string of the molecule is CCCn1c(COCC)nc2c(N)nc3ccc(OCCCCCCN)cc3c21. The standard InChI is InChI=1S/C22H33N5O2/c1-3-12-27-19(15-28-4-2)26-20-21(27)17-14-16(9-10-18(17)25-22(20)24)29-13-8-6-5-7-11-23/h9-10,14H,3-8,11-13,15,23H2,1-2H3,(H2,24,25). The molecule has 0 amide bonds. The Morgan fingerprint density at radius 3 is 2.66 bits per heavy atom. The van der Waals surface area contributed by atoms with E-state index in [0.717, 1.165) is 78.7 Å². The van der Waals surface area contributed by atoms with Gasteiger partial charge >= 0.3 is 0 Å². The van der Waals surface area contributed by atoms with Crippen molar-refractivity contribution >= 4 is 27.8 Å². The number of nitrogen functional groups attached to an aromatic ring is 1. The summed E-state index contributed by atoms with van der Waals surface area (Å²) in [6.07, 6.45) is 5.39. The third-order valence-corrected chi connectivity index (χ3v) is 5.00. The number of ether oxygens (including phenoxy) is 2. The van der Waals surface area contributed by atoms with E-state index in [1.54, 1.807) is 0 Å². The Kier molecular flexibility index (Phi) is 7.66. The molecule has 7 heteroatoms. The van der Waals surface area contributed by atoms with E-state index in [1.165, 1.54) is 0 Å². The Hall–Kier alpha value is -2.38. The zero-order valence-electron chi connectivity index (χ0n) is 17.6. The molecule has 2 heterocycles. The van der Waals surface area contributed by atoms with Gasteiger partial charge in [0.1, 0.15) is 23.7 Å². The Morgan fingerprint density at radius 2 is 1.90 bits per heavy atom. The summed E-state index contributed by atoms with van der Waals surface area (Å²) in [6.45, 7) is 7.56. The summed E-state index contributed by atoms with van der Waals surface area (Å²) in [5.74, 6) is 2.18. The zero-order valence-corrected chi connectivity index (χ0v) is 17.6. The van der Waals surface area contributed by atoms with Crippen LogP contribution in [0.1, 0.15) is 51.8 Å². The number of fused-ring (bicyclic) bond motifs is 3. The second-order valence-electron chi connectivity index (χ2n) is 7.24. The van der Waals surface area contributed by atoms with Crippen LogP contribution in [0.25, 0.3) is 21.9 Å². The number of hydrogen-bond acceptors (Lipinski definition) is 6. The van der Waals surface area contributed by atoms with Gasteiger partial charge in [-0.2, -0.15) is 0 Å². The van der Waals surface area contributed by atoms with Crippen LogP contribution in [0.15, 0.2) is 18.2 Å². The first kappa shape index (κ1) is 21.3. The normalized spacial score (nSPS) is 11.6. The van der Waals surface area contributed by atoms with Gasteiger partial charge in [-0.3, -0.25) is 0 Å². The van der Waals surface area contributed by atoms with Crippen molar-refractivity contribution in [1.29, 1.82) is 0 Å². The van der Waals surface area contributed by atoms with Crippen molar-refractivity contribution < 1.29 is 9.47 Å². The lowest BCUT2D eigenvalue weighted by Crippen LogP contribution is -2.06. The lowest BCUT2D eigenvalue weighted by Gasteiger charge is -2.11. The Bertz CT molecular complexity index is 938. The largest absolute Gasteiger partial charge is 0.494 e. The molecule has 0 aliphatic heterocycles. The minimum absolute atomic E-state index is 0.452. The Labute approximate surface area is 172 Å². The van der Waals surface area contributed by atoms with Crippen LogP contribution in [0.4, 0.5) is 5.82 Å². The number of nitrogens with zero attached hydrogens (tertiary/aromatic N) is 3. The van der Waals surface area contributed by atoms with Crippen LogP contribution in [-0.2, 0) is 17.9 Å². The number of pyridine rings is 1. The van der Waals surface area contributed by atoms with Crippen molar-refractivity contribution in [3.05, 3.63) is 24.0 Å². The molecule has 0 bridgehead atoms. The summed E-state index contributed by atoms with van der Waals surface area (Å²) in [5.41, 5.74) is 14.4. The molecule has 3 aromatic rings. The molecule has 1 aromatic carbocycles. The second-order valence-corrected chi connectivity index (χ2v) is 7.24. The number of imidazole rings is 1. The second kappa shape index (κ2) is 10.4. The molecule has 0 saturated heterocycles. The zero-order chi connectivity index (χ0) is 20.6. The molecule has 0 atom stereocenters. The number of benzene rings is 1. The molecule has 4 N–H and O–H groups in total. The number of aryl methyl sites for hydroxylation is 1. The lowest BCUT2D eigenvalue weighted by molar-refractivity contribution is 0.126. The van der Waals surface area contributed by atoms with Gasteiger partial charge in [0.15, 0.2) is 5.82 Å². The molecule has 158 valence electrons. The summed E-state index contributed by atoms with van der Waals surface area (Å²) >= 11 is 0. The number of nitrogens with two attached hydrogens (primary N) is 2. The molecule has 7 nitrogen and oxygen atoms in total. The predicted molar refractivity (Wildman–Crippen MR) is 118 cm³/mol. The molecular weight excluding hydrogens is 366 g/mol. The molecule has 0 aliphatic rings. The fraction of sp³-hybridized carbons (Fsp3) is 0.545. The maximum atomic E-state index is 6.24. The topological polar surface area (TPSA) is 101 Å². The highest BCUT2D eigenvalue weighted by molar-refractivity contribution is 6.07. The third-order valence-electron chi connectivity index (χ3n) is 5.00. The number of hydrogen-bond donors (Lipinski definition) is 2. The van der Waals surface area contributed by atoms with Crippen molar-refractivity contribution in [1.82, 2.24) is 14.5 Å². The maximum Gasteiger partial charge on any atom is 0.152 e. The van der Waals surface area contributed by atoms with Crippen LogP contribution in [0, 0.1) is 0 Å². The number of rotatable bonds is 12. The van der Waals surface area contributed by atoms with E-state index < -0.39 is 0 Å². The first-order valence-electron chi connectivity index (χ1n) is 10.7. The van der Waals surface area contributed by atoms with Crippen LogP contribution >= 0.6 is 0 Å². The quantitative estimate of drug-likeness (QED) is 0.446. The van der Waals surface area contributed by atoms with E-state index in [0.29, 0.717) is 25.6 Å². The smallest absolute Gasteiger partial charge is 0.152 e. The third kappa shape index (κ3) is 4.97. The van der Waals surface area contributed by atoms with Crippen molar-refractivity contribution in [2.75, 3.05) is 25.5 Å². The van der Waals surface area contributed by atoms with Gasteiger partial charge in [0.05, 0.1) is 17.6 Å². The van der Waals surface area contributed by atoms with E-state index in [4.69, 9.17) is 25.9 Å². The van der Waals surface area contributed by atoms with Gasteiger partial charge < -0.3 is 25.5 Å². The molecule has 0 aliphatic carbocycles. The highest BCUT2D eigenvalue weighted by Gasteiger charge is 2.17. The highest BCUT2D eigenvalue weighted by atomic mass is 16.5. The molecule has 0 spiro atoms. The van der Waals surface area contributed by atoms with Crippen molar-refractivity contribution in [2.24, 2.45) is 5.73 Å². The molecule has 0 radical (unpaired) electrons. The van der Waals surface area contributed by atoms with Gasteiger partial charge in [0, 0.05) is 18.5 Å². The first-order valence-corrected chi connectivity index (χ1v) is 10.7. The van der Waals surface area contributed by atoms with Crippen molar-refractivity contribution in [2.45, 2.75) is 59.1 Å². The minimum atomic E-state index is 0.452. The first-order chi connectivity index (χ1) is 14.2. The summed E-state index contributed by atoms with van der Waals surface area (Å²) in [7, 11) is 0. The van der Waals surface area contributed by atoms with E-state index >= 15 is 0 Å². The average molecular weight is 400 g/mol. The molecule has 0 saturated carbocycles. The van der Waals surface area contributed by atoms with E-state index in [-0.39, 0.29) is 0 Å². The number of unbranched alkanes of at least 4 members (excludes halogenated alkanes) is 3. The molecule has 29 heavy (non-hydrogen) atoms. The van der Waals surface area contributed by atoms with Crippen LogP contribution in [0.3, 0.4) is 0 Å². The summed E-state index contributed by atoms with van der Waals surface area (Å²) in [4.78, 5) is 9.32. The van der Waals surface area contributed by atoms with Crippen molar-refractivity contribution in [3.8, 4) is 5.75 Å². The monoisotopic (exact) mass is 399 g/mol. The summed E-state index contributed by atoms with van der Waals surface area (Å²) < 4.78 is 13.8. The summed E-state index contributed by atoms with van der Waals surface area (Å²) in [6, 6.07) is 5.99. The van der Waals surface area contributed by atoms with Gasteiger partial charge in [0.25, 0.3) is 0 Å². The van der Waals surface area contributed by atoms with E-state index in [1.807, 2.05) is 19.1 Å². The van der Waals surface area contributed by atoms with Crippen molar-refractivity contribution in [3.63, 3.8) is 0 Å². The van der Waals surface area contributed by atoms with E-state index in [2.05, 4.69) is 22.5 Å². The van der Waals surface area contributed by atoms with Crippen LogP contribution < -0.4 is 16.2 Å². The number of aromatic nitrogens is 3. The molecule has 2 aromatic heterocycles. The fourth-order valence-electron chi connectivity index (χ4n) is 3.58. The van der Waals surface area contributed by atoms with Gasteiger partial charge in [-0.15, -0.1) is 0 Å². The Balaban J connectivity index is 1.93. The van der Waals surface area contributed by atoms with Gasteiger partial charge in [-0.25, -0.2) is 9.97 Å². The minimum Gasteiger partial charge on any atom is -0.494 e. The fourth-order valence-corrected chi connectivity index (χ4v) is 3.58. The van der Waals surface area contributed by atoms with E-state index in [9.17, 15) is 0 Å². The average Bonchev–Trinajstić information content (AvgIpc) is 3.09. The van der Waals surface area contributed by atoms with Crippen LogP contribution in [-0.4, -0.2) is 34.3 Å². The maximum absolute atomic E-state index is 6.24. The predicted octanol–water partition coefficient (Wildman–Crippen LogP) is 4.01.